The highest BCUT2D eigenvalue weighted by Crippen LogP contribution is 2.20. The van der Waals surface area contributed by atoms with Crippen LogP contribution in [0.5, 0.6) is 0 Å². The standard InChI is InChI=1S/C15H18N2/c1-3-5-11-17-14(4-2)12-16-15(17)13-9-7-6-8-10-13/h4,6-10,12H,2-3,5,11H2,1H3. The zero-order chi connectivity index (χ0) is 12.1. The highest BCUT2D eigenvalue weighted by molar-refractivity contribution is 5.58. The van der Waals surface area contributed by atoms with Crippen LogP contribution < -0.4 is 0 Å². The van der Waals surface area contributed by atoms with Gasteiger partial charge in [-0.15, -0.1) is 0 Å². The maximum Gasteiger partial charge on any atom is 0.140 e. The molecule has 0 spiro atoms. The van der Waals surface area contributed by atoms with Gasteiger partial charge in [0.25, 0.3) is 0 Å². The Labute approximate surface area is 103 Å². The summed E-state index contributed by atoms with van der Waals surface area (Å²) in [5.74, 6) is 1.04. The summed E-state index contributed by atoms with van der Waals surface area (Å²) in [6, 6.07) is 10.3. The quantitative estimate of drug-likeness (QED) is 0.753. The van der Waals surface area contributed by atoms with Gasteiger partial charge in [0.1, 0.15) is 5.82 Å². The summed E-state index contributed by atoms with van der Waals surface area (Å²) in [6.45, 7) is 7.05. The molecule has 2 nitrogen and oxygen atoms in total. The Morgan fingerprint density at radius 1 is 1.29 bits per heavy atom. The van der Waals surface area contributed by atoms with Crippen LogP contribution in [0.2, 0.25) is 0 Å². The van der Waals surface area contributed by atoms with Gasteiger partial charge < -0.3 is 4.57 Å². The average Bonchev–Trinajstić information content (AvgIpc) is 2.80. The molecule has 0 aliphatic heterocycles. The molecule has 0 saturated heterocycles. The minimum absolute atomic E-state index is 1.00. The van der Waals surface area contributed by atoms with Gasteiger partial charge in [-0.05, 0) is 12.5 Å². The molecule has 0 saturated carbocycles. The van der Waals surface area contributed by atoms with Crippen LogP contribution in [0.4, 0.5) is 0 Å². The van der Waals surface area contributed by atoms with Crippen LogP contribution in [-0.4, -0.2) is 9.55 Å². The molecule has 2 rings (SSSR count). The first kappa shape index (κ1) is 11.6. The van der Waals surface area contributed by atoms with E-state index in [4.69, 9.17) is 0 Å². The molecule has 1 aromatic carbocycles. The fraction of sp³-hybridized carbons (Fsp3) is 0.267. The molecule has 0 aliphatic rings. The van der Waals surface area contributed by atoms with Gasteiger partial charge in [-0.25, -0.2) is 4.98 Å². The first-order valence-electron chi connectivity index (χ1n) is 6.10. The number of rotatable bonds is 5. The second-order valence-corrected chi connectivity index (χ2v) is 4.08. The van der Waals surface area contributed by atoms with E-state index in [-0.39, 0.29) is 0 Å². The Kier molecular flexibility index (Phi) is 3.76. The summed E-state index contributed by atoms with van der Waals surface area (Å²) in [7, 11) is 0. The molecule has 0 aliphatic carbocycles. The molecule has 1 aromatic heterocycles. The molecule has 0 radical (unpaired) electrons. The third kappa shape index (κ3) is 2.47. The Balaban J connectivity index is 2.40. The zero-order valence-corrected chi connectivity index (χ0v) is 10.3. The van der Waals surface area contributed by atoms with E-state index in [2.05, 4.69) is 35.2 Å². The SMILES string of the molecule is C=Cc1cnc(-c2ccccc2)n1CCCC. The highest BCUT2D eigenvalue weighted by Gasteiger charge is 2.08. The third-order valence-corrected chi connectivity index (χ3v) is 2.86. The Morgan fingerprint density at radius 2 is 2.06 bits per heavy atom. The van der Waals surface area contributed by atoms with Crippen LogP contribution in [0.15, 0.2) is 43.1 Å². The van der Waals surface area contributed by atoms with E-state index in [0.717, 1.165) is 30.0 Å². The Morgan fingerprint density at radius 3 is 2.71 bits per heavy atom. The van der Waals surface area contributed by atoms with E-state index in [1.54, 1.807) is 0 Å². The molecular formula is C15H18N2. The van der Waals surface area contributed by atoms with Crippen LogP contribution in [0.25, 0.3) is 17.5 Å². The molecule has 0 bridgehead atoms. The molecule has 88 valence electrons. The van der Waals surface area contributed by atoms with Crippen molar-refractivity contribution in [2.75, 3.05) is 0 Å². The topological polar surface area (TPSA) is 17.8 Å². The van der Waals surface area contributed by atoms with Crippen LogP contribution in [0.1, 0.15) is 25.5 Å². The van der Waals surface area contributed by atoms with Crippen molar-refractivity contribution < 1.29 is 0 Å². The van der Waals surface area contributed by atoms with Crippen molar-refractivity contribution in [2.24, 2.45) is 0 Å². The lowest BCUT2D eigenvalue weighted by molar-refractivity contribution is 0.633. The molecule has 1 heterocycles. The second-order valence-electron chi connectivity index (χ2n) is 4.08. The molecule has 2 aromatic rings. The van der Waals surface area contributed by atoms with Crippen molar-refractivity contribution in [3.8, 4) is 11.4 Å². The van der Waals surface area contributed by atoms with Crippen molar-refractivity contribution >= 4 is 6.08 Å². The molecule has 2 heteroatoms. The van der Waals surface area contributed by atoms with Gasteiger partial charge >= 0.3 is 0 Å². The van der Waals surface area contributed by atoms with Gasteiger partial charge in [0.05, 0.1) is 11.9 Å². The summed E-state index contributed by atoms with van der Waals surface area (Å²) < 4.78 is 2.24. The zero-order valence-electron chi connectivity index (χ0n) is 10.3. The molecule has 0 fully saturated rings. The predicted molar refractivity (Wildman–Crippen MR) is 72.7 cm³/mol. The maximum absolute atomic E-state index is 4.50. The summed E-state index contributed by atoms with van der Waals surface area (Å²) in [5, 5.41) is 0. The van der Waals surface area contributed by atoms with Crippen LogP contribution in [0.3, 0.4) is 0 Å². The predicted octanol–water partition coefficient (Wildman–Crippen LogP) is 3.99. The van der Waals surface area contributed by atoms with Crippen LogP contribution in [0, 0.1) is 0 Å². The minimum Gasteiger partial charge on any atom is -0.325 e. The fourth-order valence-corrected chi connectivity index (χ4v) is 1.92. The van der Waals surface area contributed by atoms with Crippen molar-refractivity contribution in [3.63, 3.8) is 0 Å². The van der Waals surface area contributed by atoms with E-state index in [1.807, 2.05) is 30.5 Å². The van der Waals surface area contributed by atoms with E-state index in [0.29, 0.717) is 0 Å². The number of unbranched alkanes of at least 4 members (excludes halogenated alkanes) is 1. The van der Waals surface area contributed by atoms with Gasteiger partial charge in [0, 0.05) is 12.1 Å². The lowest BCUT2D eigenvalue weighted by Crippen LogP contribution is -2.02. The van der Waals surface area contributed by atoms with Gasteiger partial charge in [0.2, 0.25) is 0 Å². The second kappa shape index (κ2) is 5.48. The number of imidazole rings is 1. The van der Waals surface area contributed by atoms with E-state index < -0.39 is 0 Å². The Bertz CT molecular complexity index is 483. The average molecular weight is 226 g/mol. The van der Waals surface area contributed by atoms with E-state index in [9.17, 15) is 0 Å². The largest absolute Gasteiger partial charge is 0.325 e. The Hall–Kier alpha value is -1.83. The van der Waals surface area contributed by atoms with E-state index in [1.165, 1.54) is 6.42 Å². The maximum atomic E-state index is 4.50. The number of aromatic nitrogens is 2. The lowest BCUT2D eigenvalue weighted by Gasteiger charge is -2.09. The normalized spacial score (nSPS) is 10.4. The summed E-state index contributed by atoms with van der Waals surface area (Å²) >= 11 is 0. The summed E-state index contributed by atoms with van der Waals surface area (Å²) in [4.78, 5) is 4.50. The minimum atomic E-state index is 1.00. The number of nitrogens with zero attached hydrogens (tertiary/aromatic N) is 2. The smallest absolute Gasteiger partial charge is 0.140 e. The van der Waals surface area contributed by atoms with Crippen molar-refractivity contribution in [1.82, 2.24) is 9.55 Å². The van der Waals surface area contributed by atoms with Crippen molar-refractivity contribution in [2.45, 2.75) is 26.3 Å². The van der Waals surface area contributed by atoms with E-state index >= 15 is 0 Å². The third-order valence-electron chi connectivity index (χ3n) is 2.86. The molecular weight excluding hydrogens is 208 g/mol. The van der Waals surface area contributed by atoms with Crippen molar-refractivity contribution in [1.29, 1.82) is 0 Å². The number of hydrogen-bond acceptors (Lipinski definition) is 1. The fourth-order valence-electron chi connectivity index (χ4n) is 1.92. The van der Waals surface area contributed by atoms with Crippen molar-refractivity contribution in [3.05, 3.63) is 48.8 Å². The molecule has 0 unspecified atom stereocenters. The first-order valence-corrected chi connectivity index (χ1v) is 6.10. The highest BCUT2D eigenvalue weighted by atomic mass is 15.1. The first-order chi connectivity index (χ1) is 8.36. The number of hydrogen-bond donors (Lipinski definition) is 0. The van der Waals surface area contributed by atoms with Gasteiger partial charge in [-0.3, -0.25) is 0 Å². The number of benzene rings is 1. The van der Waals surface area contributed by atoms with Gasteiger partial charge in [0.15, 0.2) is 0 Å². The van der Waals surface area contributed by atoms with Gasteiger partial charge in [-0.2, -0.15) is 0 Å². The van der Waals surface area contributed by atoms with Crippen LogP contribution >= 0.6 is 0 Å². The molecule has 0 amide bonds. The molecule has 17 heavy (non-hydrogen) atoms. The molecule has 0 atom stereocenters. The summed E-state index contributed by atoms with van der Waals surface area (Å²) in [5.41, 5.74) is 2.26. The lowest BCUT2D eigenvalue weighted by atomic mass is 10.2. The monoisotopic (exact) mass is 226 g/mol. The van der Waals surface area contributed by atoms with Gasteiger partial charge in [-0.1, -0.05) is 50.3 Å². The van der Waals surface area contributed by atoms with Crippen LogP contribution in [-0.2, 0) is 6.54 Å². The molecule has 0 N–H and O–H groups in total. The summed E-state index contributed by atoms with van der Waals surface area (Å²) in [6.07, 6.45) is 6.11.